The first-order chi connectivity index (χ1) is 11.0. The Morgan fingerprint density at radius 3 is 2.43 bits per heavy atom. The van der Waals surface area contributed by atoms with Gasteiger partial charge < -0.3 is 15.5 Å². The number of piperidine rings is 1. The molecule has 128 valence electrons. The van der Waals surface area contributed by atoms with E-state index in [-0.39, 0.29) is 11.9 Å². The fourth-order valence-electron chi connectivity index (χ4n) is 3.19. The molecule has 1 heterocycles. The molecule has 4 nitrogen and oxygen atoms in total. The molecule has 1 saturated heterocycles. The van der Waals surface area contributed by atoms with Gasteiger partial charge in [-0.2, -0.15) is 0 Å². The summed E-state index contributed by atoms with van der Waals surface area (Å²) in [5, 5.41) is 0. The molecule has 1 fully saturated rings. The third-order valence-corrected chi connectivity index (χ3v) is 4.97. The summed E-state index contributed by atoms with van der Waals surface area (Å²) in [7, 11) is 2.10. The number of anilines is 1. The number of hydrogen-bond acceptors (Lipinski definition) is 3. The maximum atomic E-state index is 12.6. The molecule has 1 aromatic carbocycles. The highest BCUT2D eigenvalue weighted by Gasteiger charge is 2.25. The van der Waals surface area contributed by atoms with Crippen LogP contribution in [0.1, 0.15) is 49.9 Å². The van der Waals surface area contributed by atoms with Gasteiger partial charge in [-0.05, 0) is 56.4 Å². The van der Waals surface area contributed by atoms with Crippen LogP contribution in [0.2, 0.25) is 0 Å². The van der Waals surface area contributed by atoms with Crippen LogP contribution in [0.25, 0.3) is 0 Å². The molecule has 4 heteroatoms. The van der Waals surface area contributed by atoms with Crippen molar-refractivity contribution < 1.29 is 4.79 Å². The molecule has 0 bridgehead atoms. The number of nitrogens with two attached hydrogens (primary N) is 1. The van der Waals surface area contributed by atoms with Crippen molar-refractivity contribution in [3.05, 3.63) is 29.8 Å². The average Bonchev–Trinajstić information content (AvgIpc) is 2.59. The molecular formula is C19H31N3O. The van der Waals surface area contributed by atoms with E-state index in [1.54, 1.807) is 0 Å². The zero-order valence-corrected chi connectivity index (χ0v) is 14.8. The highest BCUT2D eigenvalue weighted by Crippen LogP contribution is 2.22. The first kappa shape index (κ1) is 17.8. The van der Waals surface area contributed by atoms with E-state index in [1.165, 1.54) is 18.5 Å². The zero-order valence-electron chi connectivity index (χ0n) is 14.8. The first-order valence-electron chi connectivity index (χ1n) is 8.89. The molecule has 2 N–H and O–H groups in total. The number of hydrogen-bond donors (Lipinski definition) is 1. The normalized spacial score (nSPS) is 17.1. The van der Waals surface area contributed by atoms with Crippen LogP contribution in [-0.2, 0) is 0 Å². The van der Waals surface area contributed by atoms with Crippen molar-refractivity contribution in [2.24, 2.45) is 11.7 Å². The van der Waals surface area contributed by atoms with E-state index in [0.29, 0.717) is 5.92 Å². The monoisotopic (exact) mass is 317 g/mol. The second-order valence-corrected chi connectivity index (χ2v) is 6.81. The van der Waals surface area contributed by atoms with E-state index >= 15 is 0 Å². The number of carbonyl (C=O) groups excluding carboxylic acids is 1. The summed E-state index contributed by atoms with van der Waals surface area (Å²) in [5.74, 6) is 0.699. The van der Waals surface area contributed by atoms with Crippen LogP contribution in [-0.4, -0.2) is 43.5 Å². The van der Waals surface area contributed by atoms with Gasteiger partial charge >= 0.3 is 0 Å². The van der Waals surface area contributed by atoms with Crippen LogP contribution in [0, 0.1) is 5.92 Å². The predicted molar refractivity (Wildman–Crippen MR) is 96.9 cm³/mol. The maximum Gasteiger partial charge on any atom is 0.253 e. The van der Waals surface area contributed by atoms with Crippen molar-refractivity contribution in [3.63, 3.8) is 0 Å². The second-order valence-electron chi connectivity index (χ2n) is 6.81. The summed E-state index contributed by atoms with van der Waals surface area (Å²) in [5.41, 5.74) is 7.93. The summed E-state index contributed by atoms with van der Waals surface area (Å²) in [6, 6.07) is 8.25. The van der Waals surface area contributed by atoms with Gasteiger partial charge in [-0.3, -0.25) is 4.79 Å². The van der Waals surface area contributed by atoms with E-state index in [9.17, 15) is 4.79 Å². The predicted octanol–water partition coefficient (Wildman–Crippen LogP) is 3.12. The molecule has 2 rings (SSSR count). The molecule has 1 aromatic rings. The molecular weight excluding hydrogens is 286 g/mol. The van der Waals surface area contributed by atoms with Gasteiger partial charge in [0.15, 0.2) is 0 Å². The van der Waals surface area contributed by atoms with Gasteiger partial charge in [-0.15, -0.1) is 0 Å². The first-order valence-corrected chi connectivity index (χ1v) is 8.89. The minimum atomic E-state index is 0.149. The third-order valence-electron chi connectivity index (χ3n) is 4.97. The minimum Gasteiger partial charge on any atom is -0.375 e. The van der Waals surface area contributed by atoms with Crippen molar-refractivity contribution in [3.8, 4) is 0 Å². The molecule has 1 unspecified atom stereocenters. The van der Waals surface area contributed by atoms with E-state index < -0.39 is 0 Å². The highest BCUT2D eigenvalue weighted by molar-refractivity contribution is 5.94. The van der Waals surface area contributed by atoms with Crippen molar-refractivity contribution in [1.29, 1.82) is 0 Å². The molecule has 1 aliphatic heterocycles. The molecule has 0 spiro atoms. The Labute approximate surface area is 140 Å². The summed E-state index contributed by atoms with van der Waals surface area (Å²) >= 11 is 0. The Balaban J connectivity index is 1.93. The fourth-order valence-corrected chi connectivity index (χ4v) is 3.19. The van der Waals surface area contributed by atoms with Crippen LogP contribution < -0.4 is 10.6 Å². The Kier molecular flexibility index (Phi) is 6.46. The minimum absolute atomic E-state index is 0.149. The molecule has 0 aliphatic carbocycles. The zero-order chi connectivity index (χ0) is 16.8. The molecule has 0 saturated carbocycles. The standard InChI is InChI=1S/C19H31N3O/c1-4-5-12-21(3)18-8-6-17(7-9-18)19(23)22-13-10-16(11-14-22)15(2)20/h6-9,15-16H,4-5,10-14,20H2,1-3H3. The highest BCUT2D eigenvalue weighted by atomic mass is 16.2. The summed E-state index contributed by atoms with van der Waals surface area (Å²) in [4.78, 5) is 16.8. The number of benzene rings is 1. The average molecular weight is 317 g/mol. The van der Waals surface area contributed by atoms with Gasteiger partial charge in [-0.1, -0.05) is 13.3 Å². The molecule has 1 amide bonds. The lowest BCUT2D eigenvalue weighted by Gasteiger charge is -2.33. The number of nitrogens with zero attached hydrogens (tertiary/aromatic N) is 2. The molecule has 1 aliphatic rings. The van der Waals surface area contributed by atoms with Crippen LogP contribution in [0.3, 0.4) is 0 Å². The van der Waals surface area contributed by atoms with E-state index in [2.05, 4.69) is 37.9 Å². The van der Waals surface area contributed by atoms with Gasteiger partial charge in [-0.25, -0.2) is 0 Å². The third kappa shape index (κ3) is 4.71. The smallest absolute Gasteiger partial charge is 0.253 e. The van der Waals surface area contributed by atoms with Crippen molar-refractivity contribution in [1.82, 2.24) is 4.90 Å². The van der Waals surface area contributed by atoms with Gasteiger partial charge in [0.1, 0.15) is 0 Å². The number of rotatable bonds is 6. The van der Waals surface area contributed by atoms with Gasteiger partial charge in [0.05, 0.1) is 0 Å². The lowest BCUT2D eigenvalue weighted by atomic mass is 9.90. The quantitative estimate of drug-likeness (QED) is 0.877. The van der Waals surface area contributed by atoms with E-state index in [1.807, 2.05) is 17.0 Å². The van der Waals surface area contributed by atoms with Crippen LogP contribution >= 0.6 is 0 Å². The molecule has 0 radical (unpaired) electrons. The van der Waals surface area contributed by atoms with Crippen molar-refractivity contribution in [2.45, 2.75) is 45.6 Å². The SMILES string of the molecule is CCCCN(C)c1ccc(C(=O)N2CCC(C(C)N)CC2)cc1. The molecule has 1 atom stereocenters. The van der Waals surface area contributed by atoms with Gasteiger partial charge in [0, 0.05) is 44.0 Å². The van der Waals surface area contributed by atoms with E-state index in [4.69, 9.17) is 5.73 Å². The largest absolute Gasteiger partial charge is 0.375 e. The van der Waals surface area contributed by atoms with Crippen LogP contribution in [0.5, 0.6) is 0 Å². The maximum absolute atomic E-state index is 12.6. The molecule has 0 aromatic heterocycles. The van der Waals surface area contributed by atoms with Gasteiger partial charge in [0.2, 0.25) is 0 Å². The fraction of sp³-hybridized carbons (Fsp3) is 0.632. The van der Waals surface area contributed by atoms with Crippen molar-refractivity contribution >= 4 is 11.6 Å². The van der Waals surface area contributed by atoms with Crippen molar-refractivity contribution in [2.75, 3.05) is 31.6 Å². The summed E-state index contributed by atoms with van der Waals surface area (Å²) < 4.78 is 0. The number of unbranched alkanes of at least 4 members (excludes halogenated alkanes) is 1. The second kappa shape index (κ2) is 8.34. The lowest BCUT2D eigenvalue weighted by molar-refractivity contribution is 0.0681. The van der Waals surface area contributed by atoms with Gasteiger partial charge in [0.25, 0.3) is 5.91 Å². The topological polar surface area (TPSA) is 49.6 Å². The number of carbonyl (C=O) groups is 1. The number of amides is 1. The summed E-state index contributed by atoms with van der Waals surface area (Å²) in [6.45, 7) is 6.96. The number of likely N-dealkylation sites (tertiary alicyclic amines) is 1. The Bertz CT molecular complexity index is 490. The Morgan fingerprint density at radius 1 is 1.30 bits per heavy atom. The van der Waals surface area contributed by atoms with E-state index in [0.717, 1.165) is 38.0 Å². The summed E-state index contributed by atoms with van der Waals surface area (Å²) in [6.07, 6.45) is 4.41. The Morgan fingerprint density at radius 2 is 1.91 bits per heavy atom. The lowest BCUT2D eigenvalue weighted by Crippen LogP contribution is -2.42. The van der Waals surface area contributed by atoms with Crippen LogP contribution in [0.4, 0.5) is 5.69 Å². The molecule has 23 heavy (non-hydrogen) atoms. The van der Waals surface area contributed by atoms with Crippen LogP contribution in [0.15, 0.2) is 24.3 Å². The Hall–Kier alpha value is -1.55.